The van der Waals surface area contributed by atoms with Crippen molar-refractivity contribution in [1.82, 2.24) is 4.72 Å². The number of rotatable bonds is 6. The molecule has 0 aliphatic heterocycles. The van der Waals surface area contributed by atoms with Gasteiger partial charge in [0.25, 0.3) is 0 Å². The summed E-state index contributed by atoms with van der Waals surface area (Å²) < 4.78 is 34.2. The van der Waals surface area contributed by atoms with E-state index in [0.717, 1.165) is 16.7 Å². The van der Waals surface area contributed by atoms with E-state index in [9.17, 15) is 8.42 Å². The van der Waals surface area contributed by atoms with Crippen LogP contribution in [0.3, 0.4) is 0 Å². The smallest absolute Gasteiger partial charge is 0.241 e. The number of benzene rings is 3. The van der Waals surface area contributed by atoms with Crippen LogP contribution in [0.2, 0.25) is 0 Å². The molecule has 0 heterocycles. The molecular formula is C21H21NO3S. The van der Waals surface area contributed by atoms with Crippen LogP contribution in [0.1, 0.15) is 22.7 Å². The summed E-state index contributed by atoms with van der Waals surface area (Å²) >= 11 is 0. The summed E-state index contributed by atoms with van der Waals surface area (Å²) in [6, 6.07) is 23.1. The van der Waals surface area contributed by atoms with Crippen LogP contribution >= 0.6 is 0 Å². The first-order valence-corrected chi connectivity index (χ1v) is 9.76. The lowest BCUT2D eigenvalue weighted by atomic mass is 9.99. The van der Waals surface area contributed by atoms with Gasteiger partial charge in [-0.15, -0.1) is 0 Å². The Hall–Kier alpha value is -2.63. The normalized spacial score (nSPS) is 12.5. The van der Waals surface area contributed by atoms with Gasteiger partial charge in [-0.05, 0) is 30.7 Å². The Morgan fingerprint density at radius 3 is 2.12 bits per heavy atom. The molecule has 0 spiro atoms. The van der Waals surface area contributed by atoms with Crippen molar-refractivity contribution in [2.45, 2.75) is 17.9 Å². The fourth-order valence-electron chi connectivity index (χ4n) is 2.80. The van der Waals surface area contributed by atoms with Crippen LogP contribution in [0.4, 0.5) is 0 Å². The van der Waals surface area contributed by atoms with Gasteiger partial charge in [-0.25, -0.2) is 8.42 Å². The van der Waals surface area contributed by atoms with Gasteiger partial charge in [0.15, 0.2) is 0 Å². The average Bonchev–Trinajstić information content (AvgIpc) is 2.67. The lowest BCUT2D eigenvalue weighted by Crippen LogP contribution is -2.29. The lowest BCUT2D eigenvalue weighted by Gasteiger charge is -2.22. The van der Waals surface area contributed by atoms with Gasteiger partial charge in [-0.1, -0.05) is 66.2 Å². The van der Waals surface area contributed by atoms with E-state index in [-0.39, 0.29) is 4.90 Å². The summed E-state index contributed by atoms with van der Waals surface area (Å²) in [6.07, 6.45) is 0. The molecule has 0 saturated carbocycles. The maximum Gasteiger partial charge on any atom is 0.241 e. The van der Waals surface area contributed by atoms with Crippen LogP contribution in [-0.4, -0.2) is 15.5 Å². The monoisotopic (exact) mass is 367 g/mol. The number of sulfonamides is 1. The number of ether oxygens (including phenoxy) is 1. The number of hydrogen-bond donors (Lipinski definition) is 1. The number of aryl methyl sites for hydroxylation is 1. The average molecular weight is 367 g/mol. The summed E-state index contributed by atoms with van der Waals surface area (Å²) in [5.74, 6) is 0.632. The Labute approximate surface area is 154 Å². The van der Waals surface area contributed by atoms with Crippen LogP contribution in [0, 0.1) is 6.92 Å². The molecular weight excluding hydrogens is 346 g/mol. The van der Waals surface area contributed by atoms with E-state index in [0.29, 0.717) is 5.75 Å². The molecule has 0 amide bonds. The maximum absolute atomic E-state index is 12.9. The largest absolute Gasteiger partial charge is 0.496 e. The molecule has 0 aliphatic carbocycles. The molecule has 0 fully saturated rings. The number of hydrogen-bond acceptors (Lipinski definition) is 3. The Balaban J connectivity index is 2.06. The van der Waals surface area contributed by atoms with Gasteiger partial charge in [0.05, 0.1) is 18.0 Å². The predicted octanol–water partition coefficient (Wildman–Crippen LogP) is 4.07. The van der Waals surface area contributed by atoms with Crippen molar-refractivity contribution in [3.8, 4) is 5.75 Å². The summed E-state index contributed by atoms with van der Waals surface area (Å²) in [5, 5.41) is 0. The van der Waals surface area contributed by atoms with E-state index in [4.69, 9.17) is 4.74 Å². The third-order valence-corrected chi connectivity index (χ3v) is 5.63. The summed E-state index contributed by atoms with van der Waals surface area (Å²) in [4.78, 5) is 0.235. The lowest BCUT2D eigenvalue weighted by molar-refractivity contribution is 0.406. The third-order valence-electron chi connectivity index (χ3n) is 4.19. The van der Waals surface area contributed by atoms with E-state index >= 15 is 0 Å². The molecule has 26 heavy (non-hydrogen) atoms. The van der Waals surface area contributed by atoms with Crippen LogP contribution in [0.5, 0.6) is 5.75 Å². The van der Waals surface area contributed by atoms with Crippen molar-refractivity contribution in [3.63, 3.8) is 0 Å². The van der Waals surface area contributed by atoms with Gasteiger partial charge >= 0.3 is 0 Å². The SMILES string of the molecule is COc1ccccc1[C@@H](NS(=O)(=O)c1ccc(C)cc1)c1ccccc1. The minimum atomic E-state index is -3.70. The Morgan fingerprint density at radius 2 is 1.46 bits per heavy atom. The highest BCUT2D eigenvalue weighted by Gasteiger charge is 2.25. The Bertz CT molecular complexity index is 968. The van der Waals surface area contributed by atoms with Crippen molar-refractivity contribution in [1.29, 1.82) is 0 Å². The van der Waals surface area contributed by atoms with E-state index in [1.54, 1.807) is 31.4 Å². The van der Waals surface area contributed by atoms with Crippen LogP contribution in [0.25, 0.3) is 0 Å². The predicted molar refractivity (Wildman–Crippen MR) is 103 cm³/mol. The first-order valence-electron chi connectivity index (χ1n) is 8.28. The van der Waals surface area contributed by atoms with Gasteiger partial charge in [0, 0.05) is 5.56 Å². The van der Waals surface area contributed by atoms with Gasteiger partial charge < -0.3 is 4.74 Å². The first kappa shape index (κ1) is 18.2. The Kier molecular flexibility index (Phi) is 5.40. The molecule has 1 N–H and O–H groups in total. The second kappa shape index (κ2) is 7.72. The minimum Gasteiger partial charge on any atom is -0.496 e. The third kappa shape index (κ3) is 3.95. The standard InChI is InChI=1S/C21H21NO3S/c1-16-12-14-18(15-13-16)26(23,24)22-21(17-8-4-3-5-9-17)19-10-6-7-11-20(19)25-2/h3-15,21-22H,1-2H3/t21-/m0/s1. The van der Waals surface area contributed by atoms with Crippen LogP contribution < -0.4 is 9.46 Å². The van der Waals surface area contributed by atoms with E-state index < -0.39 is 16.1 Å². The molecule has 0 aromatic heterocycles. The van der Waals surface area contributed by atoms with Crippen molar-refractivity contribution in [3.05, 3.63) is 95.6 Å². The highest BCUT2D eigenvalue weighted by atomic mass is 32.2. The van der Waals surface area contributed by atoms with Crippen molar-refractivity contribution < 1.29 is 13.2 Å². The highest BCUT2D eigenvalue weighted by Crippen LogP contribution is 2.31. The van der Waals surface area contributed by atoms with Gasteiger partial charge in [-0.3, -0.25) is 0 Å². The molecule has 3 rings (SSSR count). The summed E-state index contributed by atoms with van der Waals surface area (Å²) in [6.45, 7) is 1.92. The van der Waals surface area contributed by atoms with Gasteiger partial charge in [0.2, 0.25) is 10.0 Å². The second-order valence-corrected chi connectivity index (χ2v) is 7.73. The van der Waals surface area contributed by atoms with Crippen molar-refractivity contribution in [2.75, 3.05) is 7.11 Å². The zero-order valence-corrected chi connectivity index (χ0v) is 15.5. The van der Waals surface area contributed by atoms with E-state index in [1.807, 2.05) is 61.5 Å². The fourth-order valence-corrected chi connectivity index (χ4v) is 4.01. The number of para-hydroxylation sites is 1. The number of nitrogens with one attached hydrogen (secondary N) is 1. The molecule has 134 valence electrons. The maximum atomic E-state index is 12.9. The minimum absolute atomic E-state index is 0.235. The number of methoxy groups -OCH3 is 1. The topological polar surface area (TPSA) is 55.4 Å². The van der Waals surface area contributed by atoms with Crippen LogP contribution in [-0.2, 0) is 10.0 Å². The van der Waals surface area contributed by atoms with Gasteiger partial charge in [-0.2, -0.15) is 4.72 Å². The molecule has 0 radical (unpaired) electrons. The molecule has 0 aliphatic rings. The summed E-state index contributed by atoms with van der Waals surface area (Å²) in [5.41, 5.74) is 2.61. The van der Waals surface area contributed by atoms with E-state index in [1.165, 1.54) is 0 Å². The summed E-state index contributed by atoms with van der Waals surface area (Å²) in [7, 11) is -2.12. The molecule has 0 saturated heterocycles. The molecule has 4 nitrogen and oxygen atoms in total. The van der Waals surface area contributed by atoms with Crippen molar-refractivity contribution >= 4 is 10.0 Å². The molecule has 0 bridgehead atoms. The molecule has 0 unspecified atom stereocenters. The Morgan fingerprint density at radius 1 is 0.846 bits per heavy atom. The first-order chi connectivity index (χ1) is 12.5. The zero-order valence-electron chi connectivity index (χ0n) is 14.7. The highest BCUT2D eigenvalue weighted by molar-refractivity contribution is 7.89. The molecule has 3 aromatic rings. The van der Waals surface area contributed by atoms with Crippen LogP contribution in [0.15, 0.2) is 83.8 Å². The quantitative estimate of drug-likeness (QED) is 0.714. The molecule has 3 aromatic carbocycles. The van der Waals surface area contributed by atoms with E-state index in [2.05, 4.69) is 4.72 Å². The van der Waals surface area contributed by atoms with Crippen molar-refractivity contribution in [2.24, 2.45) is 0 Å². The second-order valence-electron chi connectivity index (χ2n) is 6.02. The molecule has 5 heteroatoms. The zero-order chi connectivity index (χ0) is 18.6. The van der Waals surface area contributed by atoms with Gasteiger partial charge in [0.1, 0.15) is 5.75 Å². The fraction of sp³-hybridized carbons (Fsp3) is 0.143. The molecule has 1 atom stereocenters.